The van der Waals surface area contributed by atoms with Crippen molar-refractivity contribution in [1.29, 1.82) is 5.26 Å². The minimum Gasteiger partial charge on any atom is -0.238 e. The third kappa shape index (κ3) is 2.63. The molecule has 0 amide bonds. The quantitative estimate of drug-likeness (QED) is 0.633. The Balaban J connectivity index is 3.64. The van der Waals surface area contributed by atoms with Gasteiger partial charge in [-0.1, -0.05) is 0 Å². The molecule has 2 N–H and O–H groups in total. The molecule has 0 bridgehead atoms. The highest BCUT2D eigenvalue weighted by atomic mass is 127. The molecule has 0 aliphatic rings. The van der Waals surface area contributed by atoms with Crippen LogP contribution in [-0.4, -0.2) is 13.4 Å². The summed E-state index contributed by atoms with van der Waals surface area (Å²) in [5, 5.41) is 13.4. The second-order valence-electron chi connectivity index (χ2n) is 2.67. The molecule has 86 valence electrons. The summed E-state index contributed by atoms with van der Waals surface area (Å²) >= 11 is 1.56. The van der Waals surface area contributed by atoms with Crippen LogP contribution in [0, 0.1) is 15.0 Å². The number of nitrogens with two attached hydrogens (primary N) is 1. The fourth-order valence-electron chi connectivity index (χ4n) is 0.948. The van der Waals surface area contributed by atoms with Crippen molar-refractivity contribution in [3.05, 3.63) is 21.0 Å². The monoisotopic (exact) mass is 359 g/mol. The van der Waals surface area contributed by atoms with Gasteiger partial charge in [0.05, 0.1) is 5.56 Å². The smallest absolute Gasteiger partial charge is 0.238 e. The molecule has 0 fully saturated rings. The van der Waals surface area contributed by atoms with Gasteiger partial charge in [0.25, 0.3) is 6.43 Å². The molecule has 0 aliphatic heterocycles. The Bertz CT molecular complexity index is 568. The first kappa shape index (κ1) is 13.2. The Kier molecular flexibility index (Phi) is 3.76. The van der Waals surface area contributed by atoms with Crippen LogP contribution in [-0.2, 0) is 10.0 Å². The van der Waals surface area contributed by atoms with E-state index in [2.05, 4.69) is 4.98 Å². The SMILES string of the molecule is N#Cc1cc(S(N)(=O)=O)c(C(F)F)nc1I. The average molecular weight is 359 g/mol. The van der Waals surface area contributed by atoms with Crippen LogP contribution in [0.25, 0.3) is 0 Å². The van der Waals surface area contributed by atoms with Crippen molar-refractivity contribution in [2.24, 2.45) is 5.14 Å². The van der Waals surface area contributed by atoms with Crippen LogP contribution >= 0.6 is 22.6 Å². The molecule has 1 aromatic rings. The first-order valence-electron chi connectivity index (χ1n) is 3.69. The maximum atomic E-state index is 12.5. The third-order valence-electron chi connectivity index (χ3n) is 1.60. The van der Waals surface area contributed by atoms with Crippen LogP contribution in [0.1, 0.15) is 17.7 Å². The number of hydrogen-bond acceptors (Lipinski definition) is 4. The second kappa shape index (κ2) is 4.56. The maximum Gasteiger partial charge on any atom is 0.281 e. The lowest BCUT2D eigenvalue weighted by molar-refractivity contribution is 0.142. The lowest BCUT2D eigenvalue weighted by Crippen LogP contribution is -2.17. The third-order valence-corrected chi connectivity index (χ3v) is 3.36. The summed E-state index contributed by atoms with van der Waals surface area (Å²) in [6.07, 6.45) is -3.07. The van der Waals surface area contributed by atoms with Gasteiger partial charge in [0.1, 0.15) is 20.4 Å². The zero-order valence-corrected chi connectivity index (χ0v) is 10.5. The highest BCUT2D eigenvalue weighted by Crippen LogP contribution is 2.26. The highest BCUT2D eigenvalue weighted by molar-refractivity contribution is 14.1. The predicted octanol–water partition coefficient (Wildman–Crippen LogP) is 1.14. The maximum absolute atomic E-state index is 12.5. The Labute approximate surface area is 103 Å². The van der Waals surface area contributed by atoms with Gasteiger partial charge in [-0.05, 0) is 28.7 Å². The van der Waals surface area contributed by atoms with E-state index in [0.29, 0.717) is 0 Å². The standard InChI is InChI=1S/C7H4F2IN3O2S/c8-6(9)5-4(16(12,14)15)1-3(2-11)7(10)13-5/h1,6H,(H2,12,14,15). The second-order valence-corrected chi connectivity index (χ2v) is 5.22. The zero-order chi connectivity index (χ0) is 12.5. The van der Waals surface area contributed by atoms with Gasteiger partial charge in [-0.25, -0.2) is 27.3 Å². The number of pyridine rings is 1. The number of halogens is 3. The topological polar surface area (TPSA) is 96.8 Å². The van der Waals surface area contributed by atoms with Gasteiger partial charge in [0.15, 0.2) is 0 Å². The molecular weight excluding hydrogens is 355 g/mol. The molecule has 1 heterocycles. The van der Waals surface area contributed by atoms with Crippen molar-refractivity contribution in [1.82, 2.24) is 4.98 Å². The molecule has 0 aromatic carbocycles. The van der Waals surface area contributed by atoms with Crippen molar-refractivity contribution in [3.63, 3.8) is 0 Å². The predicted molar refractivity (Wildman–Crippen MR) is 58.0 cm³/mol. The van der Waals surface area contributed by atoms with Gasteiger partial charge in [-0.15, -0.1) is 0 Å². The van der Waals surface area contributed by atoms with Gasteiger partial charge < -0.3 is 0 Å². The van der Waals surface area contributed by atoms with Crippen molar-refractivity contribution in [3.8, 4) is 6.07 Å². The normalized spacial score (nSPS) is 11.5. The average Bonchev–Trinajstić information content (AvgIpc) is 2.15. The number of hydrogen-bond donors (Lipinski definition) is 1. The van der Waals surface area contributed by atoms with E-state index in [4.69, 9.17) is 10.4 Å². The van der Waals surface area contributed by atoms with Crippen LogP contribution in [0.15, 0.2) is 11.0 Å². The number of rotatable bonds is 2. The number of primary sulfonamides is 1. The molecule has 9 heteroatoms. The van der Waals surface area contributed by atoms with Gasteiger partial charge >= 0.3 is 0 Å². The van der Waals surface area contributed by atoms with Crippen LogP contribution in [0.4, 0.5) is 8.78 Å². The van der Waals surface area contributed by atoms with E-state index in [-0.39, 0.29) is 9.26 Å². The van der Waals surface area contributed by atoms with Crippen molar-refractivity contribution >= 4 is 32.6 Å². The van der Waals surface area contributed by atoms with Crippen LogP contribution < -0.4 is 5.14 Å². The van der Waals surface area contributed by atoms with E-state index in [1.807, 2.05) is 0 Å². The van der Waals surface area contributed by atoms with Crippen LogP contribution in [0.3, 0.4) is 0 Å². The van der Waals surface area contributed by atoms with E-state index in [9.17, 15) is 17.2 Å². The minimum atomic E-state index is -4.32. The van der Waals surface area contributed by atoms with Crippen molar-refractivity contribution in [2.75, 3.05) is 0 Å². The lowest BCUT2D eigenvalue weighted by Gasteiger charge is -2.07. The van der Waals surface area contributed by atoms with Gasteiger partial charge in [-0.3, -0.25) is 0 Å². The first-order chi connectivity index (χ1) is 7.27. The Morgan fingerprint density at radius 1 is 1.56 bits per heavy atom. The molecule has 0 saturated carbocycles. The van der Waals surface area contributed by atoms with E-state index in [0.717, 1.165) is 6.07 Å². The van der Waals surface area contributed by atoms with Crippen LogP contribution in [0.5, 0.6) is 0 Å². The van der Waals surface area contributed by atoms with Crippen molar-refractivity contribution < 1.29 is 17.2 Å². The molecule has 0 saturated heterocycles. The summed E-state index contributed by atoms with van der Waals surface area (Å²) in [6, 6.07) is 2.44. The number of aromatic nitrogens is 1. The molecule has 0 atom stereocenters. The Morgan fingerprint density at radius 2 is 2.12 bits per heavy atom. The van der Waals surface area contributed by atoms with E-state index in [1.54, 1.807) is 28.7 Å². The number of alkyl halides is 2. The molecule has 0 unspecified atom stereocenters. The molecule has 1 rings (SSSR count). The first-order valence-corrected chi connectivity index (χ1v) is 6.31. The molecule has 0 aliphatic carbocycles. The molecule has 1 aromatic heterocycles. The molecule has 0 radical (unpaired) electrons. The van der Waals surface area contributed by atoms with Crippen molar-refractivity contribution in [2.45, 2.75) is 11.3 Å². The summed E-state index contributed by atoms with van der Waals surface area (Å²) in [4.78, 5) is 2.54. The highest BCUT2D eigenvalue weighted by Gasteiger charge is 2.24. The van der Waals surface area contributed by atoms with E-state index < -0.39 is 27.0 Å². The Hall–Kier alpha value is -0.860. The number of nitrogens with zero attached hydrogens (tertiary/aromatic N) is 2. The summed E-state index contributed by atoms with van der Waals surface area (Å²) in [5.41, 5.74) is -1.06. The molecule has 5 nitrogen and oxygen atoms in total. The summed E-state index contributed by atoms with van der Waals surface area (Å²) in [5.74, 6) is 0. The molecule has 0 spiro atoms. The largest absolute Gasteiger partial charge is 0.281 e. The zero-order valence-electron chi connectivity index (χ0n) is 7.49. The number of nitriles is 1. The summed E-state index contributed by atoms with van der Waals surface area (Å²) < 4.78 is 47.1. The van der Waals surface area contributed by atoms with E-state index in [1.165, 1.54) is 0 Å². The minimum absolute atomic E-state index is 0.00259. The van der Waals surface area contributed by atoms with Gasteiger partial charge in [0, 0.05) is 0 Å². The van der Waals surface area contributed by atoms with Gasteiger partial charge in [-0.2, -0.15) is 5.26 Å². The fraction of sp³-hybridized carbons (Fsp3) is 0.143. The van der Waals surface area contributed by atoms with E-state index >= 15 is 0 Å². The molecule has 16 heavy (non-hydrogen) atoms. The lowest BCUT2D eigenvalue weighted by atomic mass is 10.3. The van der Waals surface area contributed by atoms with Crippen LogP contribution in [0.2, 0.25) is 0 Å². The van der Waals surface area contributed by atoms with Gasteiger partial charge in [0.2, 0.25) is 10.0 Å². The number of sulfonamides is 1. The summed E-state index contributed by atoms with van der Waals surface area (Å²) in [7, 11) is -4.32. The molecular formula is C7H4F2IN3O2S. The fourth-order valence-corrected chi connectivity index (χ4v) is 2.19. The Morgan fingerprint density at radius 3 is 2.50 bits per heavy atom. The summed E-state index contributed by atoms with van der Waals surface area (Å²) in [6.45, 7) is 0.